The van der Waals surface area contributed by atoms with Crippen LogP contribution in [0.3, 0.4) is 0 Å². The Morgan fingerprint density at radius 1 is 1.21 bits per heavy atom. The van der Waals surface area contributed by atoms with E-state index in [4.69, 9.17) is 16.0 Å². The molecule has 0 unspecified atom stereocenters. The molecule has 122 valence electrons. The molecule has 1 aliphatic rings. The van der Waals surface area contributed by atoms with Gasteiger partial charge in [0.2, 0.25) is 0 Å². The number of urea groups is 1. The maximum Gasteiger partial charge on any atom is 0.335 e. The summed E-state index contributed by atoms with van der Waals surface area (Å²) in [7, 11) is 0. The first-order valence-electron chi connectivity index (χ1n) is 6.80. The molecule has 3 rings (SSSR count). The number of aryl methyl sites for hydroxylation is 1. The van der Waals surface area contributed by atoms with Crippen molar-refractivity contribution in [3.05, 3.63) is 56.9 Å². The number of nitrogens with zero attached hydrogens (tertiary/aromatic N) is 1. The lowest BCUT2D eigenvalue weighted by atomic mass is 10.1. The first kappa shape index (κ1) is 16.5. The van der Waals surface area contributed by atoms with Crippen LogP contribution in [0.25, 0.3) is 6.08 Å². The molecule has 4 amide bonds. The van der Waals surface area contributed by atoms with Crippen LogP contribution in [0.1, 0.15) is 11.3 Å². The summed E-state index contributed by atoms with van der Waals surface area (Å²) in [5.74, 6) is -1.24. The predicted octanol–water partition coefficient (Wildman–Crippen LogP) is 3.67. The maximum absolute atomic E-state index is 12.6. The average molecular weight is 410 g/mol. The van der Waals surface area contributed by atoms with Gasteiger partial charge in [-0.3, -0.25) is 14.9 Å². The van der Waals surface area contributed by atoms with Gasteiger partial charge in [0.15, 0.2) is 4.67 Å². The number of halogens is 2. The largest absolute Gasteiger partial charge is 0.450 e. The Morgan fingerprint density at radius 2 is 1.96 bits per heavy atom. The van der Waals surface area contributed by atoms with Crippen LogP contribution in [0.5, 0.6) is 0 Å². The van der Waals surface area contributed by atoms with E-state index in [-0.39, 0.29) is 11.3 Å². The van der Waals surface area contributed by atoms with E-state index in [1.807, 2.05) is 0 Å². The van der Waals surface area contributed by atoms with Gasteiger partial charge in [0.05, 0.1) is 5.69 Å². The summed E-state index contributed by atoms with van der Waals surface area (Å²) in [4.78, 5) is 37.6. The monoisotopic (exact) mass is 408 g/mol. The van der Waals surface area contributed by atoms with E-state index < -0.39 is 17.8 Å². The van der Waals surface area contributed by atoms with E-state index in [1.165, 1.54) is 12.1 Å². The number of imide groups is 2. The summed E-state index contributed by atoms with van der Waals surface area (Å²) in [6.45, 7) is 1.80. The summed E-state index contributed by atoms with van der Waals surface area (Å²) in [6.07, 6.45) is 1.28. The smallest absolute Gasteiger partial charge is 0.335 e. The fourth-order valence-corrected chi connectivity index (χ4v) is 2.65. The number of hydrogen-bond acceptors (Lipinski definition) is 4. The van der Waals surface area contributed by atoms with E-state index in [0.29, 0.717) is 15.5 Å². The Hall–Kier alpha value is -2.38. The SMILES string of the molecule is Cc1ccc(N2C(=O)NC(=O)C(=Cc3ccc(Br)o3)C2=O)cc1Cl. The van der Waals surface area contributed by atoms with Gasteiger partial charge in [0, 0.05) is 5.02 Å². The van der Waals surface area contributed by atoms with E-state index in [9.17, 15) is 14.4 Å². The molecule has 0 aliphatic carbocycles. The van der Waals surface area contributed by atoms with Crippen LogP contribution >= 0.6 is 27.5 Å². The van der Waals surface area contributed by atoms with Crippen molar-refractivity contribution >= 4 is 57.1 Å². The van der Waals surface area contributed by atoms with Crippen molar-refractivity contribution in [3.63, 3.8) is 0 Å². The lowest BCUT2D eigenvalue weighted by Crippen LogP contribution is -2.54. The first-order chi connectivity index (χ1) is 11.4. The number of nitrogens with one attached hydrogen (secondary N) is 1. The van der Waals surface area contributed by atoms with Gasteiger partial charge in [0.25, 0.3) is 11.8 Å². The lowest BCUT2D eigenvalue weighted by molar-refractivity contribution is -0.122. The van der Waals surface area contributed by atoms with Gasteiger partial charge in [-0.05, 0) is 58.8 Å². The molecule has 2 heterocycles. The van der Waals surface area contributed by atoms with Crippen LogP contribution < -0.4 is 10.2 Å². The molecule has 2 aromatic rings. The minimum atomic E-state index is -0.831. The number of barbiturate groups is 1. The molecule has 0 saturated carbocycles. The molecule has 24 heavy (non-hydrogen) atoms. The molecular weight excluding hydrogens is 400 g/mol. The third-order valence-corrected chi connectivity index (χ3v) is 4.23. The molecule has 1 N–H and O–H groups in total. The van der Waals surface area contributed by atoms with Crippen molar-refractivity contribution in [2.75, 3.05) is 4.90 Å². The number of amides is 4. The summed E-state index contributed by atoms with van der Waals surface area (Å²) in [6, 6.07) is 7.13. The van der Waals surface area contributed by atoms with Crippen LogP contribution in [0, 0.1) is 6.92 Å². The third kappa shape index (κ3) is 3.00. The van der Waals surface area contributed by atoms with E-state index in [2.05, 4.69) is 21.2 Å². The topological polar surface area (TPSA) is 79.6 Å². The Morgan fingerprint density at radius 3 is 2.58 bits per heavy atom. The second-order valence-electron chi connectivity index (χ2n) is 5.03. The molecule has 0 radical (unpaired) electrons. The van der Waals surface area contributed by atoms with Gasteiger partial charge >= 0.3 is 6.03 Å². The zero-order chi connectivity index (χ0) is 17.4. The number of furan rings is 1. The van der Waals surface area contributed by atoms with Gasteiger partial charge in [-0.2, -0.15) is 0 Å². The van der Waals surface area contributed by atoms with E-state index in [0.717, 1.165) is 10.5 Å². The zero-order valence-corrected chi connectivity index (χ0v) is 14.6. The number of benzene rings is 1. The molecule has 0 atom stereocenters. The fourth-order valence-electron chi connectivity index (χ4n) is 2.16. The normalized spacial score (nSPS) is 16.7. The minimum absolute atomic E-state index is 0.215. The zero-order valence-electron chi connectivity index (χ0n) is 12.3. The van der Waals surface area contributed by atoms with Gasteiger partial charge in [-0.25, -0.2) is 9.69 Å². The summed E-state index contributed by atoms with van der Waals surface area (Å²) in [5.41, 5.74) is 0.859. The number of carbonyl (C=O) groups excluding carboxylic acids is 3. The third-order valence-electron chi connectivity index (χ3n) is 3.40. The summed E-state index contributed by atoms with van der Waals surface area (Å²) >= 11 is 9.19. The van der Waals surface area contributed by atoms with Crippen LogP contribution in [0.2, 0.25) is 5.02 Å². The highest BCUT2D eigenvalue weighted by atomic mass is 79.9. The Balaban J connectivity index is 2.02. The Labute approximate surface area is 150 Å². The van der Waals surface area contributed by atoms with Crippen molar-refractivity contribution in [2.24, 2.45) is 0 Å². The highest BCUT2D eigenvalue weighted by Gasteiger charge is 2.37. The molecular formula is C16H10BrClN2O4. The molecule has 8 heteroatoms. The van der Waals surface area contributed by atoms with Crippen LogP contribution in [-0.2, 0) is 9.59 Å². The highest BCUT2D eigenvalue weighted by molar-refractivity contribution is 9.10. The van der Waals surface area contributed by atoms with E-state index >= 15 is 0 Å². The molecule has 6 nitrogen and oxygen atoms in total. The number of hydrogen-bond donors (Lipinski definition) is 1. The molecule has 1 aromatic carbocycles. The Bertz CT molecular complexity index is 903. The molecule has 0 spiro atoms. The molecule has 1 aromatic heterocycles. The summed E-state index contributed by atoms with van der Waals surface area (Å²) < 4.78 is 5.72. The fraction of sp³-hybridized carbons (Fsp3) is 0.0625. The quantitative estimate of drug-likeness (QED) is 0.606. The van der Waals surface area contributed by atoms with Crippen LogP contribution in [-0.4, -0.2) is 17.8 Å². The standard InChI is InChI=1S/C16H10BrClN2O4/c1-8-2-3-9(6-12(8)18)20-15(22)11(14(21)19-16(20)23)7-10-4-5-13(17)24-10/h2-7H,1H3,(H,19,21,23). The van der Waals surface area contributed by atoms with E-state index in [1.54, 1.807) is 31.2 Å². The summed E-state index contributed by atoms with van der Waals surface area (Å²) in [5, 5.41) is 2.54. The van der Waals surface area contributed by atoms with Crippen molar-refractivity contribution in [1.29, 1.82) is 0 Å². The molecule has 1 aliphatic heterocycles. The first-order valence-corrected chi connectivity index (χ1v) is 7.97. The number of rotatable bonds is 2. The van der Waals surface area contributed by atoms with Crippen molar-refractivity contribution in [3.8, 4) is 0 Å². The van der Waals surface area contributed by atoms with Crippen molar-refractivity contribution in [2.45, 2.75) is 6.92 Å². The molecule has 0 bridgehead atoms. The lowest BCUT2D eigenvalue weighted by Gasteiger charge is -2.26. The predicted molar refractivity (Wildman–Crippen MR) is 91.6 cm³/mol. The second-order valence-corrected chi connectivity index (χ2v) is 6.22. The van der Waals surface area contributed by atoms with Crippen molar-refractivity contribution < 1.29 is 18.8 Å². The number of carbonyl (C=O) groups is 3. The maximum atomic E-state index is 12.6. The van der Waals surface area contributed by atoms with Gasteiger partial charge < -0.3 is 4.42 Å². The van der Waals surface area contributed by atoms with Gasteiger partial charge in [-0.15, -0.1) is 0 Å². The molecule has 1 saturated heterocycles. The number of anilines is 1. The van der Waals surface area contributed by atoms with Crippen molar-refractivity contribution in [1.82, 2.24) is 5.32 Å². The van der Waals surface area contributed by atoms with Gasteiger partial charge in [-0.1, -0.05) is 17.7 Å². The average Bonchev–Trinajstić information content (AvgIpc) is 2.92. The van der Waals surface area contributed by atoms with Gasteiger partial charge in [0.1, 0.15) is 11.3 Å². The highest BCUT2D eigenvalue weighted by Crippen LogP contribution is 2.27. The van der Waals surface area contributed by atoms with Crippen LogP contribution in [0.4, 0.5) is 10.5 Å². The Kier molecular flexibility index (Phi) is 4.29. The molecule has 1 fully saturated rings. The second kappa shape index (κ2) is 6.26. The minimum Gasteiger partial charge on any atom is -0.450 e. The van der Waals surface area contributed by atoms with Crippen LogP contribution in [0.15, 0.2) is 45.0 Å².